The van der Waals surface area contributed by atoms with Gasteiger partial charge in [-0.2, -0.15) is 0 Å². The Hall–Kier alpha value is -1.53. The highest BCUT2D eigenvalue weighted by atomic mass is 16.5. The molecule has 0 N–H and O–H groups in total. The molecule has 25 heavy (non-hydrogen) atoms. The number of hydrogen-bond acceptors (Lipinski definition) is 5. The van der Waals surface area contributed by atoms with Crippen molar-refractivity contribution in [3.63, 3.8) is 0 Å². The topological polar surface area (TPSA) is 58.6 Å². The number of ether oxygens (including phenoxy) is 1. The van der Waals surface area contributed by atoms with E-state index in [9.17, 15) is 4.79 Å². The number of carbonyl (C=O) groups excluding carboxylic acids is 1. The van der Waals surface area contributed by atoms with Crippen molar-refractivity contribution in [3.8, 4) is 0 Å². The number of hydrogen-bond donors (Lipinski definition) is 0. The van der Waals surface area contributed by atoms with Crippen LogP contribution in [0.3, 0.4) is 0 Å². The van der Waals surface area contributed by atoms with E-state index in [1.54, 1.807) is 12.4 Å². The predicted molar refractivity (Wildman–Crippen MR) is 94.3 cm³/mol. The van der Waals surface area contributed by atoms with E-state index in [0.29, 0.717) is 18.2 Å². The third-order valence-electron chi connectivity index (χ3n) is 5.89. The van der Waals surface area contributed by atoms with Gasteiger partial charge in [-0.1, -0.05) is 12.8 Å². The lowest BCUT2D eigenvalue weighted by Crippen LogP contribution is -2.36. The maximum atomic E-state index is 12.7. The zero-order valence-electron chi connectivity index (χ0n) is 15.1. The second-order valence-corrected chi connectivity index (χ2v) is 7.83. The van der Waals surface area contributed by atoms with Crippen LogP contribution in [0.25, 0.3) is 0 Å². The highest BCUT2D eigenvalue weighted by Gasteiger charge is 2.39. The molecule has 0 aromatic carbocycles. The van der Waals surface area contributed by atoms with E-state index in [1.807, 2.05) is 11.8 Å². The summed E-state index contributed by atoms with van der Waals surface area (Å²) in [5.41, 5.74) is 1.26. The molecule has 1 aliphatic carbocycles. The second-order valence-electron chi connectivity index (χ2n) is 7.83. The molecule has 1 amide bonds. The van der Waals surface area contributed by atoms with Crippen molar-refractivity contribution in [2.45, 2.75) is 38.7 Å². The van der Waals surface area contributed by atoms with Crippen LogP contribution in [0.2, 0.25) is 0 Å². The minimum Gasteiger partial charge on any atom is -0.375 e. The molecule has 0 unspecified atom stereocenters. The standard InChI is InChI=1S/C19H28N4O2/c1-14-8-21-17(9-20-14)19(24)23-12-16-11-22(6-7-25-18(16)13-23)10-15-4-2-3-5-15/h8-9,15-16,18H,2-7,10-13H2,1H3/t16-,18+/m1/s1. The van der Waals surface area contributed by atoms with Crippen LogP contribution in [0, 0.1) is 18.8 Å². The zero-order chi connectivity index (χ0) is 17.2. The van der Waals surface area contributed by atoms with Gasteiger partial charge in [-0.15, -0.1) is 0 Å². The number of rotatable bonds is 3. The first-order valence-corrected chi connectivity index (χ1v) is 9.61. The van der Waals surface area contributed by atoms with Gasteiger partial charge in [-0.3, -0.25) is 9.78 Å². The molecule has 136 valence electrons. The normalized spacial score (nSPS) is 28.1. The van der Waals surface area contributed by atoms with E-state index in [4.69, 9.17) is 4.74 Å². The molecule has 3 aliphatic rings. The fraction of sp³-hybridized carbons (Fsp3) is 0.737. The van der Waals surface area contributed by atoms with Gasteiger partial charge in [0.25, 0.3) is 5.91 Å². The summed E-state index contributed by atoms with van der Waals surface area (Å²) >= 11 is 0. The molecule has 2 saturated heterocycles. The van der Waals surface area contributed by atoms with Crippen LogP contribution in [0.1, 0.15) is 41.9 Å². The summed E-state index contributed by atoms with van der Waals surface area (Å²) < 4.78 is 6.09. The summed E-state index contributed by atoms with van der Waals surface area (Å²) in [6, 6.07) is 0. The Morgan fingerprint density at radius 2 is 2.04 bits per heavy atom. The molecule has 1 aromatic rings. The third-order valence-corrected chi connectivity index (χ3v) is 5.89. The van der Waals surface area contributed by atoms with Crippen LogP contribution in [-0.4, -0.2) is 71.1 Å². The zero-order valence-corrected chi connectivity index (χ0v) is 15.1. The van der Waals surface area contributed by atoms with E-state index in [1.165, 1.54) is 32.2 Å². The molecule has 2 aliphatic heterocycles. The summed E-state index contributed by atoms with van der Waals surface area (Å²) in [6.45, 7) is 7.37. The van der Waals surface area contributed by atoms with E-state index in [-0.39, 0.29) is 12.0 Å². The highest BCUT2D eigenvalue weighted by Crippen LogP contribution is 2.29. The molecular formula is C19H28N4O2. The molecule has 3 fully saturated rings. The average Bonchev–Trinajstić information content (AvgIpc) is 3.22. The molecule has 6 heteroatoms. The van der Waals surface area contributed by atoms with Crippen molar-refractivity contribution in [3.05, 3.63) is 23.8 Å². The Labute approximate surface area is 149 Å². The SMILES string of the molecule is Cc1cnc(C(=O)N2C[C@H]3CN(CC4CCCC4)CCO[C@H]3C2)cn1. The van der Waals surface area contributed by atoms with Gasteiger partial charge in [0.05, 0.1) is 24.6 Å². The van der Waals surface area contributed by atoms with Crippen LogP contribution in [-0.2, 0) is 4.74 Å². The van der Waals surface area contributed by atoms with Gasteiger partial charge in [-0.25, -0.2) is 4.98 Å². The minimum atomic E-state index is -0.0217. The van der Waals surface area contributed by atoms with Gasteiger partial charge in [0.15, 0.2) is 0 Å². The third kappa shape index (κ3) is 3.85. The first-order valence-electron chi connectivity index (χ1n) is 9.61. The number of carbonyl (C=O) groups is 1. The van der Waals surface area contributed by atoms with Gasteiger partial charge in [0.2, 0.25) is 0 Å². The number of amides is 1. The lowest BCUT2D eigenvalue weighted by molar-refractivity contribution is 0.0481. The van der Waals surface area contributed by atoms with Crippen molar-refractivity contribution in [1.82, 2.24) is 19.8 Å². The summed E-state index contributed by atoms with van der Waals surface area (Å²) in [5.74, 6) is 1.25. The molecule has 0 bridgehead atoms. The van der Waals surface area contributed by atoms with Crippen LogP contribution in [0.5, 0.6) is 0 Å². The van der Waals surface area contributed by atoms with E-state index in [2.05, 4.69) is 14.9 Å². The lowest BCUT2D eigenvalue weighted by Gasteiger charge is -2.26. The van der Waals surface area contributed by atoms with Crippen molar-refractivity contribution in [2.75, 3.05) is 39.3 Å². The Kier molecular flexibility index (Phi) is 4.99. The Morgan fingerprint density at radius 1 is 1.20 bits per heavy atom. The monoisotopic (exact) mass is 344 g/mol. The summed E-state index contributed by atoms with van der Waals surface area (Å²) in [7, 11) is 0. The quantitative estimate of drug-likeness (QED) is 0.836. The van der Waals surface area contributed by atoms with Crippen molar-refractivity contribution >= 4 is 5.91 Å². The molecule has 0 spiro atoms. The summed E-state index contributed by atoms with van der Waals surface area (Å²) in [4.78, 5) is 25.6. The van der Waals surface area contributed by atoms with Crippen LogP contribution in [0.15, 0.2) is 12.4 Å². The second kappa shape index (κ2) is 7.38. The Balaban J connectivity index is 1.38. The molecule has 3 heterocycles. The maximum absolute atomic E-state index is 12.7. The van der Waals surface area contributed by atoms with Crippen molar-refractivity contribution < 1.29 is 9.53 Å². The van der Waals surface area contributed by atoms with Gasteiger partial charge in [0, 0.05) is 44.8 Å². The van der Waals surface area contributed by atoms with E-state index in [0.717, 1.165) is 37.9 Å². The molecule has 1 saturated carbocycles. The molecular weight excluding hydrogens is 316 g/mol. The van der Waals surface area contributed by atoms with Gasteiger partial charge < -0.3 is 14.5 Å². The van der Waals surface area contributed by atoms with Crippen LogP contribution in [0.4, 0.5) is 0 Å². The molecule has 2 atom stereocenters. The fourth-order valence-corrected chi connectivity index (χ4v) is 4.52. The van der Waals surface area contributed by atoms with Gasteiger partial charge >= 0.3 is 0 Å². The number of aromatic nitrogens is 2. The smallest absolute Gasteiger partial charge is 0.274 e. The lowest BCUT2D eigenvalue weighted by atomic mass is 10.0. The minimum absolute atomic E-state index is 0.0217. The molecule has 4 rings (SSSR count). The summed E-state index contributed by atoms with van der Waals surface area (Å²) in [5, 5.41) is 0. The molecule has 1 aromatic heterocycles. The van der Waals surface area contributed by atoms with Crippen LogP contribution < -0.4 is 0 Å². The van der Waals surface area contributed by atoms with E-state index < -0.39 is 0 Å². The predicted octanol–water partition coefficient (Wildman–Crippen LogP) is 1.75. The first-order chi connectivity index (χ1) is 12.2. The first kappa shape index (κ1) is 16.9. The average molecular weight is 344 g/mol. The van der Waals surface area contributed by atoms with E-state index >= 15 is 0 Å². The van der Waals surface area contributed by atoms with Gasteiger partial charge in [-0.05, 0) is 25.7 Å². The number of fused-ring (bicyclic) bond motifs is 1. The number of likely N-dealkylation sites (tertiary alicyclic amines) is 1. The fourth-order valence-electron chi connectivity index (χ4n) is 4.52. The maximum Gasteiger partial charge on any atom is 0.274 e. The molecule has 0 radical (unpaired) electrons. The number of nitrogens with zero attached hydrogens (tertiary/aromatic N) is 4. The van der Waals surface area contributed by atoms with Crippen LogP contribution >= 0.6 is 0 Å². The Bertz CT molecular complexity index is 600. The summed E-state index contributed by atoms with van der Waals surface area (Å²) in [6.07, 6.45) is 8.93. The number of aryl methyl sites for hydroxylation is 1. The molecule has 6 nitrogen and oxygen atoms in total. The Morgan fingerprint density at radius 3 is 2.80 bits per heavy atom. The largest absolute Gasteiger partial charge is 0.375 e. The van der Waals surface area contributed by atoms with Crippen molar-refractivity contribution in [2.24, 2.45) is 11.8 Å². The highest BCUT2D eigenvalue weighted by molar-refractivity contribution is 5.92. The van der Waals surface area contributed by atoms with Gasteiger partial charge in [0.1, 0.15) is 5.69 Å². The van der Waals surface area contributed by atoms with Crippen molar-refractivity contribution in [1.29, 1.82) is 0 Å².